The van der Waals surface area contributed by atoms with E-state index in [1.165, 1.54) is 0 Å². The van der Waals surface area contributed by atoms with Crippen molar-refractivity contribution in [2.45, 2.75) is 93.6 Å². The van der Waals surface area contributed by atoms with E-state index >= 15 is 0 Å². The Morgan fingerprint density at radius 3 is 2.38 bits per heavy atom. The first-order valence-electron chi connectivity index (χ1n) is 11.9. The number of aliphatic hydroxyl groups excluding tert-OH is 1. The first-order chi connectivity index (χ1) is 13.9. The molecule has 2 bridgehead atoms. The van der Waals surface area contributed by atoms with Crippen LogP contribution in [0.2, 0.25) is 0 Å². The molecular formula is C23H32O6. The van der Waals surface area contributed by atoms with E-state index in [1.54, 1.807) is 0 Å². The number of rotatable bonds is 0. The third-order valence-corrected chi connectivity index (χ3v) is 11.4. The summed E-state index contributed by atoms with van der Waals surface area (Å²) in [6.45, 7) is 5.04. The van der Waals surface area contributed by atoms with Crippen LogP contribution in [0, 0.1) is 22.2 Å². The van der Waals surface area contributed by atoms with Gasteiger partial charge in [-0.2, -0.15) is 0 Å². The molecule has 8 fully saturated rings. The number of hydrogen-bond acceptors (Lipinski definition) is 6. The van der Waals surface area contributed by atoms with E-state index in [4.69, 9.17) is 23.7 Å². The molecule has 7 atom stereocenters. The average molecular weight is 405 g/mol. The second kappa shape index (κ2) is 4.60. The fourth-order valence-corrected chi connectivity index (χ4v) is 10.6. The number of fused-ring (bicyclic) bond motifs is 2. The predicted molar refractivity (Wildman–Crippen MR) is 99.8 cm³/mol. The highest BCUT2D eigenvalue weighted by Gasteiger charge is 2.98. The molecule has 4 saturated carbocycles. The second-order valence-electron chi connectivity index (χ2n) is 11.7. The monoisotopic (exact) mass is 404 g/mol. The molecule has 29 heavy (non-hydrogen) atoms. The Hall–Kier alpha value is -0.240. The van der Waals surface area contributed by atoms with E-state index in [9.17, 15) is 5.11 Å². The fourth-order valence-electron chi connectivity index (χ4n) is 10.6. The Kier molecular flexibility index (Phi) is 2.75. The summed E-state index contributed by atoms with van der Waals surface area (Å²) >= 11 is 0. The molecule has 4 aliphatic carbocycles. The summed E-state index contributed by atoms with van der Waals surface area (Å²) in [7, 11) is 0. The van der Waals surface area contributed by atoms with Crippen LogP contribution in [-0.4, -0.2) is 60.4 Å². The summed E-state index contributed by atoms with van der Waals surface area (Å²) in [5.74, 6) is -0.582. The first-order valence-corrected chi connectivity index (χ1v) is 11.9. The molecule has 160 valence electrons. The van der Waals surface area contributed by atoms with Gasteiger partial charge in [0.2, 0.25) is 0 Å². The van der Waals surface area contributed by atoms with E-state index in [-0.39, 0.29) is 33.6 Å². The quantitative estimate of drug-likeness (QED) is 0.669. The number of hydrogen-bond donors (Lipinski definition) is 1. The van der Waals surface area contributed by atoms with E-state index in [0.29, 0.717) is 32.3 Å². The van der Waals surface area contributed by atoms with E-state index in [0.717, 1.165) is 57.8 Å². The van der Waals surface area contributed by atoms with Crippen molar-refractivity contribution in [2.75, 3.05) is 26.4 Å². The van der Waals surface area contributed by atoms with Gasteiger partial charge in [0.05, 0.1) is 43.7 Å². The molecule has 4 saturated heterocycles. The molecule has 4 aliphatic heterocycles. The Balaban J connectivity index is 1.27. The van der Waals surface area contributed by atoms with Gasteiger partial charge in [0.1, 0.15) is 0 Å². The van der Waals surface area contributed by atoms with Gasteiger partial charge in [-0.15, -0.1) is 0 Å². The zero-order valence-corrected chi connectivity index (χ0v) is 17.3. The smallest absolute Gasteiger partial charge is 0.174 e. The summed E-state index contributed by atoms with van der Waals surface area (Å²) in [6.07, 6.45) is 8.56. The Bertz CT molecular complexity index is 803. The standard InChI is InChI=1S/C23H32O6/c1-17-12-16(24)21-13-18(21)4-6-20(25-8-9-26-20)14-19(18)5-7-22(21,29-19)15(17)2-3-23(17)27-10-11-28-23/h15-16,24H,2-14H2,1H3/t15-,16+,17+,18+,19-,21-,22+/m1/s1. The highest BCUT2D eigenvalue weighted by molar-refractivity contribution is 5.44. The van der Waals surface area contributed by atoms with Crippen molar-refractivity contribution < 1.29 is 28.8 Å². The van der Waals surface area contributed by atoms with E-state index in [2.05, 4.69) is 6.92 Å². The fraction of sp³-hybridized carbons (Fsp3) is 1.00. The maximum absolute atomic E-state index is 11.8. The molecule has 4 heterocycles. The Morgan fingerprint density at radius 2 is 1.59 bits per heavy atom. The molecule has 0 unspecified atom stereocenters. The molecule has 0 aromatic rings. The SMILES string of the molecule is C[C@]12C[C@H](O)[C@]34C[C@]35CCC3(C[C@]56CC[C@]4(O6)[C@@H]1CCC21OCCO1)OCCO3. The minimum Gasteiger partial charge on any atom is -0.392 e. The highest BCUT2D eigenvalue weighted by atomic mass is 16.7. The molecule has 6 nitrogen and oxygen atoms in total. The summed E-state index contributed by atoms with van der Waals surface area (Å²) in [5, 5.41) is 11.8. The predicted octanol–water partition coefficient (Wildman–Crippen LogP) is 2.52. The third kappa shape index (κ3) is 1.45. The Morgan fingerprint density at radius 1 is 0.828 bits per heavy atom. The summed E-state index contributed by atoms with van der Waals surface area (Å²) in [4.78, 5) is 0. The van der Waals surface area contributed by atoms with Crippen molar-refractivity contribution >= 4 is 0 Å². The summed E-state index contributed by atoms with van der Waals surface area (Å²) in [6, 6.07) is 0. The lowest BCUT2D eigenvalue weighted by Gasteiger charge is -2.58. The van der Waals surface area contributed by atoms with Crippen LogP contribution < -0.4 is 0 Å². The molecule has 6 heteroatoms. The molecule has 1 N–H and O–H groups in total. The third-order valence-electron chi connectivity index (χ3n) is 11.4. The Labute approximate surface area is 171 Å². The van der Waals surface area contributed by atoms with E-state index < -0.39 is 11.6 Å². The molecule has 8 rings (SSSR count). The molecule has 0 aromatic heterocycles. The van der Waals surface area contributed by atoms with Gasteiger partial charge < -0.3 is 28.8 Å². The minimum absolute atomic E-state index is 0.0766. The van der Waals surface area contributed by atoms with Crippen molar-refractivity contribution in [1.82, 2.24) is 0 Å². The highest BCUT2D eigenvalue weighted by Crippen LogP contribution is 2.94. The molecule has 0 radical (unpaired) electrons. The number of aliphatic hydroxyl groups is 1. The van der Waals surface area contributed by atoms with E-state index in [1.807, 2.05) is 0 Å². The topological polar surface area (TPSA) is 66.4 Å². The van der Waals surface area contributed by atoms with Crippen LogP contribution in [0.3, 0.4) is 0 Å². The van der Waals surface area contributed by atoms with Gasteiger partial charge in [-0.1, -0.05) is 6.92 Å². The average Bonchev–Trinajstić information content (AvgIpc) is 3.23. The molecular weight excluding hydrogens is 372 g/mol. The van der Waals surface area contributed by atoms with Gasteiger partial charge in [-0.05, 0) is 44.4 Å². The normalized spacial score (nSPS) is 62.3. The van der Waals surface area contributed by atoms with Gasteiger partial charge in [-0.3, -0.25) is 0 Å². The maximum atomic E-state index is 11.8. The molecule has 0 aromatic carbocycles. The summed E-state index contributed by atoms with van der Waals surface area (Å²) in [5.41, 5.74) is -0.564. The van der Waals surface area contributed by atoms with Crippen LogP contribution in [0.5, 0.6) is 0 Å². The second-order valence-corrected chi connectivity index (χ2v) is 11.7. The lowest BCUT2D eigenvalue weighted by Crippen LogP contribution is -2.64. The van der Waals surface area contributed by atoms with Crippen LogP contribution in [0.15, 0.2) is 0 Å². The molecule has 8 aliphatic rings. The van der Waals surface area contributed by atoms with Gasteiger partial charge in [0.15, 0.2) is 11.6 Å². The maximum Gasteiger partial charge on any atom is 0.174 e. The van der Waals surface area contributed by atoms with Crippen LogP contribution in [0.1, 0.15) is 64.7 Å². The van der Waals surface area contributed by atoms with Crippen LogP contribution >= 0.6 is 0 Å². The minimum atomic E-state index is -0.525. The molecule has 6 spiro atoms. The van der Waals surface area contributed by atoms with Crippen molar-refractivity contribution in [1.29, 1.82) is 0 Å². The van der Waals surface area contributed by atoms with Gasteiger partial charge in [0, 0.05) is 35.5 Å². The first kappa shape index (κ1) is 17.3. The van der Waals surface area contributed by atoms with Gasteiger partial charge >= 0.3 is 0 Å². The zero-order valence-electron chi connectivity index (χ0n) is 17.3. The van der Waals surface area contributed by atoms with Crippen molar-refractivity contribution in [3.63, 3.8) is 0 Å². The van der Waals surface area contributed by atoms with Crippen LogP contribution in [-0.2, 0) is 23.7 Å². The van der Waals surface area contributed by atoms with Crippen molar-refractivity contribution in [3.8, 4) is 0 Å². The van der Waals surface area contributed by atoms with Crippen LogP contribution in [0.25, 0.3) is 0 Å². The van der Waals surface area contributed by atoms with Crippen molar-refractivity contribution in [2.24, 2.45) is 22.2 Å². The largest absolute Gasteiger partial charge is 0.392 e. The van der Waals surface area contributed by atoms with Crippen LogP contribution in [0.4, 0.5) is 0 Å². The lowest BCUT2D eigenvalue weighted by molar-refractivity contribution is -0.282. The zero-order chi connectivity index (χ0) is 19.4. The number of ether oxygens (including phenoxy) is 5. The molecule has 0 amide bonds. The summed E-state index contributed by atoms with van der Waals surface area (Å²) < 4.78 is 32.2. The van der Waals surface area contributed by atoms with Crippen molar-refractivity contribution in [3.05, 3.63) is 0 Å². The van der Waals surface area contributed by atoms with Gasteiger partial charge in [-0.25, -0.2) is 0 Å². The lowest BCUT2D eigenvalue weighted by atomic mass is 9.48. The van der Waals surface area contributed by atoms with Gasteiger partial charge in [0.25, 0.3) is 0 Å².